The third kappa shape index (κ3) is 3.41. The monoisotopic (exact) mass is 299 g/mol. The summed E-state index contributed by atoms with van der Waals surface area (Å²) in [5.74, 6) is -0.853. The van der Waals surface area contributed by atoms with Gasteiger partial charge in [0.15, 0.2) is 0 Å². The smallest absolute Gasteiger partial charge is 0.243 e. The standard InChI is InChI=1S/C12H14FN3O3S/c13-11-3-2-10(9-17)8-12(11)20(18,19)15-5-7-16-6-1-4-14-16/h1-4,6,8,15,17H,5,7,9H2. The highest BCUT2D eigenvalue weighted by Gasteiger charge is 2.19. The Morgan fingerprint density at radius 1 is 1.40 bits per heavy atom. The van der Waals surface area contributed by atoms with Crippen LogP contribution in [0.15, 0.2) is 41.6 Å². The molecule has 2 N–H and O–H groups in total. The van der Waals surface area contributed by atoms with Crippen LogP contribution in [0.25, 0.3) is 0 Å². The van der Waals surface area contributed by atoms with E-state index in [1.165, 1.54) is 6.07 Å². The van der Waals surface area contributed by atoms with Gasteiger partial charge in [0.1, 0.15) is 10.7 Å². The van der Waals surface area contributed by atoms with Gasteiger partial charge < -0.3 is 5.11 Å². The number of sulfonamides is 1. The average molecular weight is 299 g/mol. The molecule has 2 aromatic rings. The minimum absolute atomic E-state index is 0.0901. The van der Waals surface area contributed by atoms with Crippen molar-refractivity contribution < 1.29 is 17.9 Å². The molecule has 0 aliphatic carbocycles. The minimum atomic E-state index is -3.95. The van der Waals surface area contributed by atoms with Gasteiger partial charge >= 0.3 is 0 Å². The lowest BCUT2D eigenvalue weighted by Gasteiger charge is -2.09. The van der Waals surface area contributed by atoms with Crippen LogP contribution in [0, 0.1) is 5.82 Å². The lowest BCUT2D eigenvalue weighted by Crippen LogP contribution is -2.28. The predicted octanol–water partition coefficient (Wildman–Crippen LogP) is 0.493. The maximum Gasteiger partial charge on any atom is 0.243 e. The summed E-state index contributed by atoms with van der Waals surface area (Å²) in [6.45, 7) is 0.0798. The summed E-state index contributed by atoms with van der Waals surface area (Å²) in [6, 6.07) is 5.19. The Balaban J connectivity index is 2.09. The van der Waals surface area contributed by atoms with Gasteiger partial charge in [0.25, 0.3) is 0 Å². The van der Waals surface area contributed by atoms with Crippen molar-refractivity contribution in [1.29, 1.82) is 0 Å². The van der Waals surface area contributed by atoms with Crippen LogP contribution in [0.5, 0.6) is 0 Å². The number of rotatable bonds is 6. The Morgan fingerprint density at radius 3 is 2.85 bits per heavy atom. The first-order chi connectivity index (χ1) is 9.53. The SMILES string of the molecule is O=S(=O)(NCCn1cccn1)c1cc(CO)ccc1F. The summed E-state index contributed by atoms with van der Waals surface area (Å²) in [4.78, 5) is -0.468. The Hall–Kier alpha value is -1.77. The highest BCUT2D eigenvalue weighted by molar-refractivity contribution is 7.89. The molecule has 0 unspecified atom stereocenters. The predicted molar refractivity (Wildman–Crippen MR) is 69.7 cm³/mol. The van der Waals surface area contributed by atoms with Gasteiger partial charge in [0.2, 0.25) is 10.0 Å². The summed E-state index contributed by atoms with van der Waals surface area (Å²) in [7, 11) is -3.95. The van der Waals surface area contributed by atoms with E-state index in [4.69, 9.17) is 5.11 Å². The molecule has 0 aliphatic rings. The molecule has 0 amide bonds. The number of nitrogens with zero attached hydrogens (tertiary/aromatic N) is 2. The van der Waals surface area contributed by atoms with Crippen molar-refractivity contribution >= 4 is 10.0 Å². The molecule has 0 radical (unpaired) electrons. The summed E-state index contributed by atoms with van der Waals surface area (Å²) in [5.41, 5.74) is 0.332. The van der Waals surface area contributed by atoms with E-state index in [-0.39, 0.29) is 13.2 Å². The van der Waals surface area contributed by atoms with Crippen LogP contribution in [-0.2, 0) is 23.2 Å². The molecule has 0 saturated heterocycles. The summed E-state index contributed by atoms with van der Waals surface area (Å²) < 4.78 is 41.4. The lowest BCUT2D eigenvalue weighted by atomic mass is 10.2. The Labute approximate surface area is 115 Å². The maximum atomic E-state index is 13.6. The molecular formula is C12H14FN3O3S. The Bertz CT molecular complexity index is 671. The summed E-state index contributed by atoms with van der Waals surface area (Å²) in [5, 5.41) is 12.9. The topological polar surface area (TPSA) is 84.2 Å². The number of aliphatic hydroxyl groups excluding tert-OH is 1. The van der Waals surface area contributed by atoms with Crippen LogP contribution in [0.4, 0.5) is 4.39 Å². The number of hydrogen-bond acceptors (Lipinski definition) is 4. The fraction of sp³-hybridized carbons (Fsp3) is 0.250. The van der Waals surface area contributed by atoms with Crippen molar-refractivity contribution in [1.82, 2.24) is 14.5 Å². The second-order valence-corrected chi connectivity index (χ2v) is 5.83. The van der Waals surface area contributed by atoms with Gasteiger partial charge in [-0.05, 0) is 23.8 Å². The molecule has 0 fully saturated rings. The van der Waals surface area contributed by atoms with Crippen molar-refractivity contribution in [2.75, 3.05) is 6.54 Å². The number of halogens is 1. The van der Waals surface area contributed by atoms with Gasteiger partial charge in [-0.2, -0.15) is 5.10 Å². The van der Waals surface area contributed by atoms with Crippen LogP contribution in [0.2, 0.25) is 0 Å². The van der Waals surface area contributed by atoms with Crippen molar-refractivity contribution in [3.05, 3.63) is 48.0 Å². The van der Waals surface area contributed by atoms with E-state index in [1.54, 1.807) is 23.1 Å². The molecular weight excluding hydrogens is 285 g/mol. The molecule has 0 bridgehead atoms. The number of aromatic nitrogens is 2. The highest BCUT2D eigenvalue weighted by Crippen LogP contribution is 2.16. The van der Waals surface area contributed by atoms with Crippen molar-refractivity contribution in [3.63, 3.8) is 0 Å². The molecule has 108 valence electrons. The Kier molecular flexibility index (Phi) is 4.48. The van der Waals surface area contributed by atoms with Crippen molar-refractivity contribution in [3.8, 4) is 0 Å². The van der Waals surface area contributed by atoms with E-state index >= 15 is 0 Å². The molecule has 2 rings (SSSR count). The molecule has 8 heteroatoms. The lowest BCUT2D eigenvalue weighted by molar-refractivity contribution is 0.281. The van der Waals surface area contributed by atoms with Gasteiger partial charge in [-0.15, -0.1) is 0 Å². The molecule has 6 nitrogen and oxygen atoms in total. The second-order valence-electron chi connectivity index (χ2n) is 4.09. The number of aliphatic hydroxyl groups is 1. The summed E-state index contributed by atoms with van der Waals surface area (Å²) in [6.07, 6.45) is 3.28. The first kappa shape index (κ1) is 14.6. The quantitative estimate of drug-likeness (QED) is 0.813. The van der Waals surface area contributed by atoms with Crippen molar-refractivity contribution in [2.45, 2.75) is 18.0 Å². The van der Waals surface area contributed by atoms with E-state index in [1.807, 2.05) is 0 Å². The van der Waals surface area contributed by atoms with Crippen LogP contribution in [0.1, 0.15) is 5.56 Å². The van der Waals surface area contributed by atoms with Gasteiger partial charge in [-0.1, -0.05) is 6.07 Å². The first-order valence-electron chi connectivity index (χ1n) is 5.89. The maximum absolute atomic E-state index is 13.6. The third-order valence-electron chi connectivity index (χ3n) is 2.66. The molecule has 0 aliphatic heterocycles. The largest absolute Gasteiger partial charge is 0.392 e. The first-order valence-corrected chi connectivity index (χ1v) is 7.37. The zero-order chi connectivity index (χ0) is 14.6. The molecule has 0 atom stereocenters. The van der Waals surface area contributed by atoms with Gasteiger partial charge in [-0.25, -0.2) is 17.5 Å². The Morgan fingerprint density at radius 2 is 2.20 bits per heavy atom. The highest BCUT2D eigenvalue weighted by atomic mass is 32.2. The minimum Gasteiger partial charge on any atom is -0.392 e. The van der Waals surface area contributed by atoms with E-state index < -0.39 is 20.7 Å². The van der Waals surface area contributed by atoms with Crippen LogP contribution in [-0.4, -0.2) is 29.8 Å². The van der Waals surface area contributed by atoms with E-state index in [0.29, 0.717) is 12.1 Å². The number of nitrogens with one attached hydrogen (secondary N) is 1. The molecule has 1 heterocycles. The molecule has 1 aromatic carbocycles. The van der Waals surface area contributed by atoms with Crippen LogP contribution < -0.4 is 4.72 Å². The van der Waals surface area contributed by atoms with Gasteiger partial charge in [0, 0.05) is 18.9 Å². The molecule has 1 aromatic heterocycles. The van der Waals surface area contributed by atoms with E-state index in [2.05, 4.69) is 9.82 Å². The summed E-state index contributed by atoms with van der Waals surface area (Å²) >= 11 is 0. The van der Waals surface area contributed by atoms with Crippen LogP contribution >= 0.6 is 0 Å². The zero-order valence-corrected chi connectivity index (χ0v) is 11.3. The molecule has 20 heavy (non-hydrogen) atoms. The van der Waals surface area contributed by atoms with E-state index in [9.17, 15) is 12.8 Å². The number of hydrogen-bond donors (Lipinski definition) is 2. The molecule has 0 saturated carbocycles. The fourth-order valence-electron chi connectivity index (χ4n) is 1.66. The van der Waals surface area contributed by atoms with Crippen LogP contribution in [0.3, 0.4) is 0 Å². The normalized spacial score (nSPS) is 11.7. The van der Waals surface area contributed by atoms with Gasteiger partial charge in [-0.3, -0.25) is 4.68 Å². The third-order valence-corrected chi connectivity index (χ3v) is 4.14. The number of benzene rings is 1. The molecule has 0 spiro atoms. The van der Waals surface area contributed by atoms with Crippen molar-refractivity contribution in [2.24, 2.45) is 0 Å². The second kappa shape index (κ2) is 6.12. The average Bonchev–Trinajstić information content (AvgIpc) is 2.92. The van der Waals surface area contributed by atoms with Gasteiger partial charge in [0.05, 0.1) is 13.2 Å². The fourth-order valence-corrected chi connectivity index (χ4v) is 2.80. The van der Waals surface area contributed by atoms with E-state index in [0.717, 1.165) is 12.1 Å². The zero-order valence-electron chi connectivity index (χ0n) is 10.5.